The van der Waals surface area contributed by atoms with Crippen molar-refractivity contribution in [3.05, 3.63) is 35.0 Å². The molecule has 1 aromatic heterocycles. The fraction of sp³-hybridized carbons (Fsp3) is 0.400. The summed E-state index contributed by atoms with van der Waals surface area (Å²) in [6.45, 7) is 0. The minimum Gasteiger partial charge on any atom is -0.481 e. The van der Waals surface area contributed by atoms with E-state index in [0.717, 1.165) is 34.3 Å². The monoisotopic (exact) mass is 277 g/mol. The SMILES string of the molecule is Cn1cc(Cl)c2ccc(C(CC(=O)O)C3CC3)cc21. The third-order valence-corrected chi connectivity index (χ3v) is 4.28. The molecule has 0 radical (unpaired) electrons. The van der Waals surface area contributed by atoms with Gasteiger partial charge in [-0.25, -0.2) is 0 Å². The molecule has 0 bridgehead atoms. The zero-order chi connectivity index (χ0) is 13.6. The van der Waals surface area contributed by atoms with Gasteiger partial charge in [0.15, 0.2) is 0 Å². The molecule has 1 aliphatic rings. The molecule has 1 aromatic carbocycles. The van der Waals surface area contributed by atoms with Gasteiger partial charge >= 0.3 is 5.97 Å². The van der Waals surface area contributed by atoms with Crippen LogP contribution in [-0.4, -0.2) is 15.6 Å². The first-order valence-electron chi connectivity index (χ1n) is 6.52. The Kier molecular flexibility index (Phi) is 3.02. The summed E-state index contributed by atoms with van der Waals surface area (Å²) in [6, 6.07) is 6.12. The molecule has 1 fully saturated rings. The summed E-state index contributed by atoms with van der Waals surface area (Å²) in [5.74, 6) is -0.0539. The van der Waals surface area contributed by atoms with Crippen molar-refractivity contribution in [2.75, 3.05) is 0 Å². The van der Waals surface area contributed by atoms with E-state index in [-0.39, 0.29) is 12.3 Å². The van der Waals surface area contributed by atoms with E-state index in [2.05, 4.69) is 6.07 Å². The normalized spacial score (nSPS) is 16.7. The highest BCUT2D eigenvalue weighted by molar-refractivity contribution is 6.35. The average molecular weight is 278 g/mol. The van der Waals surface area contributed by atoms with Crippen LogP contribution in [0.25, 0.3) is 10.9 Å². The maximum atomic E-state index is 11.0. The van der Waals surface area contributed by atoms with E-state index < -0.39 is 5.97 Å². The molecular formula is C15H16ClNO2. The number of hydrogen-bond donors (Lipinski definition) is 1. The van der Waals surface area contributed by atoms with Gasteiger partial charge in [-0.05, 0) is 36.3 Å². The maximum Gasteiger partial charge on any atom is 0.303 e. The summed E-state index contributed by atoms with van der Waals surface area (Å²) in [7, 11) is 1.96. The lowest BCUT2D eigenvalue weighted by Gasteiger charge is -2.15. The van der Waals surface area contributed by atoms with Crippen molar-refractivity contribution >= 4 is 28.5 Å². The van der Waals surface area contributed by atoms with Gasteiger partial charge in [0.2, 0.25) is 0 Å². The molecule has 1 heterocycles. The number of aliphatic carboxylic acids is 1. The number of halogens is 1. The molecule has 2 aromatic rings. The van der Waals surface area contributed by atoms with E-state index in [4.69, 9.17) is 16.7 Å². The predicted molar refractivity (Wildman–Crippen MR) is 75.6 cm³/mol. The van der Waals surface area contributed by atoms with E-state index in [1.54, 1.807) is 0 Å². The standard InChI is InChI=1S/C15H16ClNO2/c1-17-8-13(16)11-5-4-10(6-14(11)17)12(7-15(18)19)9-2-3-9/h4-6,8-9,12H,2-3,7H2,1H3,(H,18,19). The fourth-order valence-electron chi connectivity index (χ4n) is 2.83. The molecule has 1 saturated carbocycles. The van der Waals surface area contributed by atoms with Crippen molar-refractivity contribution in [3.63, 3.8) is 0 Å². The van der Waals surface area contributed by atoms with Crippen LogP contribution in [0.2, 0.25) is 5.02 Å². The topological polar surface area (TPSA) is 42.2 Å². The Morgan fingerprint density at radius 1 is 1.53 bits per heavy atom. The number of rotatable bonds is 4. The predicted octanol–water partition coefficient (Wildman–Crippen LogP) is 3.80. The van der Waals surface area contributed by atoms with Crippen LogP contribution < -0.4 is 0 Å². The fourth-order valence-corrected chi connectivity index (χ4v) is 3.13. The molecule has 1 unspecified atom stereocenters. The second kappa shape index (κ2) is 4.57. The summed E-state index contributed by atoms with van der Waals surface area (Å²) in [5, 5.41) is 10.8. The number of carboxylic acids is 1. The van der Waals surface area contributed by atoms with Gasteiger partial charge in [-0.1, -0.05) is 23.7 Å². The Labute approximate surface area is 116 Å². The number of fused-ring (bicyclic) bond motifs is 1. The molecule has 1 aliphatic carbocycles. The van der Waals surface area contributed by atoms with Crippen LogP contribution in [0, 0.1) is 5.92 Å². The Hall–Kier alpha value is -1.48. The lowest BCUT2D eigenvalue weighted by Crippen LogP contribution is -2.08. The maximum absolute atomic E-state index is 11.0. The van der Waals surface area contributed by atoms with E-state index >= 15 is 0 Å². The third-order valence-electron chi connectivity index (χ3n) is 3.98. The molecule has 0 aliphatic heterocycles. The number of hydrogen-bond acceptors (Lipinski definition) is 1. The zero-order valence-corrected chi connectivity index (χ0v) is 11.5. The van der Waals surface area contributed by atoms with Crippen molar-refractivity contribution < 1.29 is 9.90 Å². The molecule has 4 heteroatoms. The van der Waals surface area contributed by atoms with Gasteiger partial charge in [0.05, 0.1) is 11.4 Å². The van der Waals surface area contributed by atoms with E-state index in [0.29, 0.717) is 5.92 Å². The molecule has 0 saturated heterocycles. The number of aromatic nitrogens is 1. The number of aryl methyl sites for hydroxylation is 1. The highest BCUT2D eigenvalue weighted by atomic mass is 35.5. The van der Waals surface area contributed by atoms with Gasteiger partial charge < -0.3 is 9.67 Å². The van der Waals surface area contributed by atoms with Crippen molar-refractivity contribution in [3.8, 4) is 0 Å². The molecule has 1 atom stereocenters. The molecule has 3 nitrogen and oxygen atoms in total. The van der Waals surface area contributed by atoms with E-state index in [9.17, 15) is 4.79 Å². The first-order chi connectivity index (χ1) is 9.06. The summed E-state index contributed by atoms with van der Waals surface area (Å²) in [5.41, 5.74) is 2.19. The van der Waals surface area contributed by atoms with Crippen LogP contribution >= 0.6 is 11.6 Å². The van der Waals surface area contributed by atoms with Gasteiger partial charge in [-0.2, -0.15) is 0 Å². The van der Waals surface area contributed by atoms with Gasteiger partial charge in [0, 0.05) is 24.1 Å². The van der Waals surface area contributed by atoms with Gasteiger partial charge in [-0.15, -0.1) is 0 Å². The Balaban J connectivity index is 2.03. The lowest BCUT2D eigenvalue weighted by atomic mass is 9.90. The first-order valence-corrected chi connectivity index (χ1v) is 6.90. The number of nitrogens with zero attached hydrogens (tertiary/aromatic N) is 1. The van der Waals surface area contributed by atoms with Crippen molar-refractivity contribution in [2.24, 2.45) is 13.0 Å². The first kappa shape index (κ1) is 12.5. The number of benzene rings is 1. The highest BCUT2D eigenvalue weighted by Crippen LogP contribution is 2.45. The minimum absolute atomic E-state index is 0.135. The van der Waals surface area contributed by atoms with E-state index in [1.807, 2.05) is 29.9 Å². The Bertz CT molecular complexity index is 643. The molecule has 0 amide bonds. The summed E-state index contributed by atoms with van der Waals surface area (Å²) in [6.07, 6.45) is 4.39. The van der Waals surface area contributed by atoms with Crippen LogP contribution in [0.15, 0.2) is 24.4 Å². The van der Waals surface area contributed by atoms with Crippen LogP contribution in [0.5, 0.6) is 0 Å². The smallest absolute Gasteiger partial charge is 0.303 e. The van der Waals surface area contributed by atoms with Crippen LogP contribution in [-0.2, 0) is 11.8 Å². The zero-order valence-electron chi connectivity index (χ0n) is 10.8. The molecule has 3 rings (SSSR count). The van der Waals surface area contributed by atoms with Gasteiger partial charge in [-0.3, -0.25) is 4.79 Å². The average Bonchev–Trinajstić information content (AvgIpc) is 3.15. The summed E-state index contributed by atoms with van der Waals surface area (Å²) >= 11 is 6.15. The molecule has 1 N–H and O–H groups in total. The van der Waals surface area contributed by atoms with E-state index in [1.165, 1.54) is 0 Å². The Morgan fingerprint density at radius 2 is 2.26 bits per heavy atom. The van der Waals surface area contributed by atoms with Crippen LogP contribution in [0.4, 0.5) is 0 Å². The molecular weight excluding hydrogens is 262 g/mol. The highest BCUT2D eigenvalue weighted by Gasteiger charge is 2.33. The lowest BCUT2D eigenvalue weighted by molar-refractivity contribution is -0.137. The second-order valence-electron chi connectivity index (χ2n) is 5.41. The minimum atomic E-state index is -0.720. The summed E-state index contributed by atoms with van der Waals surface area (Å²) < 4.78 is 1.99. The van der Waals surface area contributed by atoms with Crippen LogP contribution in [0.3, 0.4) is 0 Å². The van der Waals surface area contributed by atoms with Gasteiger partial charge in [0.1, 0.15) is 0 Å². The van der Waals surface area contributed by atoms with Crippen molar-refractivity contribution in [1.82, 2.24) is 4.57 Å². The molecule has 19 heavy (non-hydrogen) atoms. The largest absolute Gasteiger partial charge is 0.481 e. The third kappa shape index (κ3) is 2.35. The second-order valence-corrected chi connectivity index (χ2v) is 5.81. The molecule has 0 spiro atoms. The summed E-state index contributed by atoms with van der Waals surface area (Å²) in [4.78, 5) is 11.0. The van der Waals surface area contributed by atoms with Crippen molar-refractivity contribution in [2.45, 2.75) is 25.2 Å². The number of carbonyl (C=O) groups is 1. The number of carboxylic acid groups (broad SMARTS) is 1. The Morgan fingerprint density at radius 3 is 2.89 bits per heavy atom. The van der Waals surface area contributed by atoms with Gasteiger partial charge in [0.25, 0.3) is 0 Å². The van der Waals surface area contributed by atoms with Crippen molar-refractivity contribution in [1.29, 1.82) is 0 Å². The molecule has 100 valence electrons. The quantitative estimate of drug-likeness (QED) is 0.924. The van der Waals surface area contributed by atoms with Crippen LogP contribution in [0.1, 0.15) is 30.7 Å².